The zero-order valence-electron chi connectivity index (χ0n) is 29.2. The standard InChI is InChI=1S/C38H54O9/c1-9-22(4)33-25(7)15-16-37(47-33)19-29-18-28(46-37)14-13-24(6)32(45-35(40)21(2)3)23(5)11-10-12-27-20-43-34-31(39)26(8)17-30(36(41)44-29)38(27,34)42/h9-13,17,21,23,25,28-34,39,42H,14-16,18-20H2,1-8H3/b11-10?,22-9+,24-13?,27-12?/t23-,25-,28+,29-,30?,31+,32?,33+,34+,37+,38+/m0/s1. The van der Waals surface area contributed by atoms with Crippen molar-refractivity contribution in [2.45, 2.75) is 136 Å². The van der Waals surface area contributed by atoms with Gasteiger partial charge in [-0.15, -0.1) is 0 Å². The topological polar surface area (TPSA) is 121 Å². The summed E-state index contributed by atoms with van der Waals surface area (Å²) in [5.41, 5.74) is 1.25. The fourth-order valence-electron chi connectivity index (χ4n) is 7.77. The minimum Gasteiger partial charge on any atom is -0.462 e. The Labute approximate surface area is 279 Å². The molecular formula is C38H54O9. The summed E-state index contributed by atoms with van der Waals surface area (Å²) in [4.78, 5) is 26.9. The van der Waals surface area contributed by atoms with Crippen molar-refractivity contribution in [1.29, 1.82) is 0 Å². The lowest BCUT2D eigenvalue weighted by Crippen LogP contribution is -2.58. The number of esters is 2. The largest absolute Gasteiger partial charge is 0.462 e. The Morgan fingerprint density at radius 2 is 1.89 bits per heavy atom. The Hall–Kier alpha value is -2.56. The molecule has 5 rings (SSSR count). The fourth-order valence-corrected chi connectivity index (χ4v) is 7.77. The van der Waals surface area contributed by atoms with Crippen LogP contribution >= 0.6 is 0 Å². The number of ether oxygens (including phenoxy) is 5. The van der Waals surface area contributed by atoms with E-state index < -0.39 is 47.7 Å². The molecule has 0 radical (unpaired) electrons. The molecule has 0 aromatic heterocycles. The summed E-state index contributed by atoms with van der Waals surface area (Å²) in [6, 6.07) is 0. The summed E-state index contributed by atoms with van der Waals surface area (Å²) in [5.74, 6) is -3.06. The summed E-state index contributed by atoms with van der Waals surface area (Å²) in [6.07, 6.45) is 10.5. The third-order valence-electron chi connectivity index (χ3n) is 10.8. The first-order chi connectivity index (χ1) is 22.2. The first kappa shape index (κ1) is 35.7. The van der Waals surface area contributed by atoms with E-state index in [-0.39, 0.29) is 36.6 Å². The molecule has 3 saturated heterocycles. The van der Waals surface area contributed by atoms with Gasteiger partial charge in [-0.1, -0.05) is 64.2 Å². The molecule has 2 bridgehead atoms. The normalized spacial score (nSPS) is 41.5. The van der Waals surface area contributed by atoms with E-state index in [9.17, 15) is 19.8 Å². The Balaban J connectivity index is 1.57. The average molecular weight is 655 g/mol. The number of carbonyl (C=O) groups is 2. The van der Waals surface area contributed by atoms with Gasteiger partial charge in [0.05, 0.1) is 24.7 Å². The number of hydrogen-bond acceptors (Lipinski definition) is 9. The lowest BCUT2D eigenvalue weighted by atomic mass is 9.71. The number of allylic oxidation sites excluding steroid dienone is 3. The molecule has 1 spiro atoms. The van der Waals surface area contributed by atoms with E-state index in [1.165, 1.54) is 0 Å². The Morgan fingerprint density at radius 3 is 2.60 bits per heavy atom. The van der Waals surface area contributed by atoms with Gasteiger partial charge in [-0.05, 0) is 68.7 Å². The van der Waals surface area contributed by atoms with Gasteiger partial charge >= 0.3 is 11.9 Å². The van der Waals surface area contributed by atoms with Gasteiger partial charge < -0.3 is 33.9 Å². The minimum absolute atomic E-state index is 0.0483. The highest BCUT2D eigenvalue weighted by atomic mass is 16.7. The molecule has 11 atom stereocenters. The second-order valence-electron chi connectivity index (χ2n) is 14.8. The van der Waals surface area contributed by atoms with Crippen molar-refractivity contribution in [1.82, 2.24) is 0 Å². The van der Waals surface area contributed by atoms with Gasteiger partial charge in [0.25, 0.3) is 0 Å². The molecule has 0 aromatic rings. The molecule has 260 valence electrons. The van der Waals surface area contributed by atoms with Gasteiger partial charge in [0.2, 0.25) is 0 Å². The van der Waals surface area contributed by atoms with Gasteiger partial charge in [-0.25, -0.2) is 0 Å². The van der Waals surface area contributed by atoms with Crippen molar-refractivity contribution in [2.24, 2.45) is 23.7 Å². The number of carbonyl (C=O) groups excluding carboxylic acids is 2. The first-order valence-corrected chi connectivity index (χ1v) is 17.3. The molecule has 4 aliphatic heterocycles. The molecule has 0 amide bonds. The second-order valence-corrected chi connectivity index (χ2v) is 14.8. The smallest absolute Gasteiger partial charge is 0.316 e. The van der Waals surface area contributed by atoms with Crippen LogP contribution in [0.3, 0.4) is 0 Å². The van der Waals surface area contributed by atoms with E-state index in [1.54, 1.807) is 25.2 Å². The van der Waals surface area contributed by atoms with Crippen LogP contribution in [0.25, 0.3) is 0 Å². The second kappa shape index (κ2) is 14.1. The number of fused-ring (bicyclic) bond motifs is 2. The van der Waals surface area contributed by atoms with E-state index in [0.29, 0.717) is 42.7 Å². The Bertz CT molecular complexity index is 1360. The number of hydrogen-bond donors (Lipinski definition) is 2. The van der Waals surface area contributed by atoms with Crippen molar-refractivity contribution in [3.05, 3.63) is 58.7 Å². The molecule has 2 N–H and O–H groups in total. The van der Waals surface area contributed by atoms with E-state index in [1.807, 2.05) is 40.7 Å². The SMILES string of the molecule is C/C=C(\C)[C@H]1O[C@]2(CC[C@@H]1C)C[C@@H]1C[C@@H](CC=C(C)C(OC(=O)C(C)C)[C@@H](C)C=CC=C3CO[C@@H]4[C@H](O)C(C)=CC(C(=O)O1)[C@]34O)O2. The van der Waals surface area contributed by atoms with E-state index >= 15 is 0 Å². The Morgan fingerprint density at radius 1 is 1.15 bits per heavy atom. The lowest BCUT2D eigenvalue weighted by molar-refractivity contribution is -0.329. The van der Waals surface area contributed by atoms with Gasteiger partial charge in [0.1, 0.15) is 35.9 Å². The quantitative estimate of drug-likeness (QED) is 0.294. The maximum absolute atomic E-state index is 14.1. The molecule has 3 fully saturated rings. The molecule has 5 aliphatic rings. The zero-order chi connectivity index (χ0) is 34.3. The van der Waals surface area contributed by atoms with Crippen LogP contribution in [0.1, 0.15) is 87.5 Å². The third-order valence-corrected chi connectivity index (χ3v) is 10.8. The minimum atomic E-state index is -1.80. The maximum atomic E-state index is 14.1. The molecule has 4 heterocycles. The highest BCUT2D eigenvalue weighted by molar-refractivity contribution is 5.78. The molecule has 0 saturated carbocycles. The maximum Gasteiger partial charge on any atom is 0.316 e. The van der Waals surface area contributed by atoms with Crippen LogP contribution in [0.4, 0.5) is 0 Å². The van der Waals surface area contributed by atoms with Crippen LogP contribution in [0.5, 0.6) is 0 Å². The van der Waals surface area contributed by atoms with Crippen LogP contribution in [0.15, 0.2) is 58.7 Å². The number of aliphatic hydroxyl groups is 2. The van der Waals surface area contributed by atoms with Crippen molar-refractivity contribution in [3.63, 3.8) is 0 Å². The van der Waals surface area contributed by atoms with Crippen molar-refractivity contribution < 1.29 is 43.5 Å². The van der Waals surface area contributed by atoms with E-state index in [2.05, 4.69) is 26.0 Å². The zero-order valence-corrected chi connectivity index (χ0v) is 29.2. The van der Waals surface area contributed by atoms with Crippen molar-refractivity contribution in [2.75, 3.05) is 6.61 Å². The van der Waals surface area contributed by atoms with E-state index in [4.69, 9.17) is 23.7 Å². The lowest BCUT2D eigenvalue weighted by Gasteiger charge is -2.50. The predicted molar refractivity (Wildman–Crippen MR) is 177 cm³/mol. The van der Waals surface area contributed by atoms with Crippen LogP contribution in [0, 0.1) is 23.7 Å². The van der Waals surface area contributed by atoms with Gasteiger partial charge in [-0.2, -0.15) is 0 Å². The molecule has 0 aromatic carbocycles. The van der Waals surface area contributed by atoms with Gasteiger partial charge in [0.15, 0.2) is 5.79 Å². The van der Waals surface area contributed by atoms with E-state index in [0.717, 1.165) is 17.6 Å². The van der Waals surface area contributed by atoms with Gasteiger partial charge in [-0.3, -0.25) is 9.59 Å². The summed E-state index contributed by atoms with van der Waals surface area (Å²) in [5, 5.41) is 23.3. The molecule has 2 unspecified atom stereocenters. The van der Waals surface area contributed by atoms with Crippen LogP contribution < -0.4 is 0 Å². The highest BCUT2D eigenvalue weighted by Gasteiger charge is 2.60. The predicted octanol–water partition coefficient (Wildman–Crippen LogP) is 5.66. The number of rotatable bonds is 3. The van der Waals surface area contributed by atoms with Crippen LogP contribution in [-0.2, 0) is 33.3 Å². The Kier molecular flexibility index (Phi) is 10.7. The molecule has 9 heteroatoms. The van der Waals surface area contributed by atoms with Crippen molar-refractivity contribution in [3.8, 4) is 0 Å². The van der Waals surface area contributed by atoms with Crippen molar-refractivity contribution >= 4 is 11.9 Å². The molecule has 1 aliphatic carbocycles. The molecular weight excluding hydrogens is 600 g/mol. The monoisotopic (exact) mass is 654 g/mol. The highest BCUT2D eigenvalue weighted by Crippen LogP contribution is 2.47. The molecule has 9 nitrogen and oxygen atoms in total. The fraction of sp³-hybridized carbons (Fsp3) is 0.684. The average Bonchev–Trinajstić information content (AvgIpc) is 3.37. The molecule has 47 heavy (non-hydrogen) atoms. The third kappa shape index (κ3) is 7.11. The summed E-state index contributed by atoms with van der Waals surface area (Å²) >= 11 is 0. The summed E-state index contributed by atoms with van der Waals surface area (Å²) in [6.45, 7) is 15.6. The van der Waals surface area contributed by atoms with Gasteiger partial charge in [0, 0.05) is 25.2 Å². The number of aliphatic hydroxyl groups excluding tert-OH is 1. The van der Waals surface area contributed by atoms with Crippen LogP contribution in [-0.4, -0.2) is 76.8 Å². The summed E-state index contributed by atoms with van der Waals surface area (Å²) < 4.78 is 31.9. The first-order valence-electron chi connectivity index (χ1n) is 17.3. The van der Waals surface area contributed by atoms with Crippen LogP contribution in [0.2, 0.25) is 0 Å². The summed E-state index contributed by atoms with van der Waals surface area (Å²) in [7, 11) is 0.